The summed E-state index contributed by atoms with van der Waals surface area (Å²) in [7, 11) is 1.70. The van der Waals surface area contributed by atoms with Crippen LogP contribution in [-0.4, -0.2) is 7.11 Å². The fourth-order valence-electron chi connectivity index (χ4n) is 1.78. The highest BCUT2D eigenvalue weighted by Crippen LogP contribution is 2.31. The van der Waals surface area contributed by atoms with E-state index in [1.54, 1.807) is 18.9 Å². The summed E-state index contributed by atoms with van der Waals surface area (Å²) in [6.45, 7) is 2.05. The third-order valence-corrected chi connectivity index (χ3v) is 3.88. The number of hydrogen-bond donors (Lipinski definition) is 1. The van der Waals surface area contributed by atoms with Gasteiger partial charge in [-0.25, -0.2) is 0 Å². The van der Waals surface area contributed by atoms with Crippen LogP contribution in [0.1, 0.15) is 11.1 Å². The van der Waals surface area contributed by atoms with Gasteiger partial charge >= 0.3 is 0 Å². The molecule has 18 heavy (non-hydrogen) atoms. The van der Waals surface area contributed by atoms with Gasteiger partial charge in [-0.15, -0.1) is 11.8 Å². The fourth-order valence-corrected chi connectivity index (χ4v) is 2.72. The van der Waals surface area contributed by atoms with E-state index in [1.165, 1.54) is 11.1 Å². The zero-order valence-electron chi connectivity index (χ0n) is 10.6. The SMILES string of the molecule is COc1ccccc1CSc1ccc(C)cc1N. The van der Waals surface area contributed by atoms with Crippen molar-refractivity contribution in [2.24, 2.45) is 0 Å². The molecule has 0 heterocycles. The van der Waals surface area contributed by atoms with Gasteiger partial charge < -0.3 is 10.5 Å². The third-order valence-electron chi connectivity index (χ3n) is 2.74. The van der Waals surface area contributed by atoms with Crippen molar-refractivity contribution in [1.82, 2.24) is 0 Å². The van der Waals surface area contributed by atoms with E-state index in [9.17, 15) is 0 Å². The highest BCUT2D eigenvalue weighted by molar-refractivity contribution is 7.98. The molecule has 0 fully saturated rings. The lowest BCUT2D eigenvalue weighted by molar-refractivity contribution is 0.411. The van der Waals surface area contributed by atoms with Gasteiger partial charge in [0.1, 0.15) is 5.75 Å². The van der Waals surface area contributed by atoms with Crippen LogP contribution in [0.15, 0.2) is 47.4 Å². The number of thioether (sulfide) groups is 1. The molecule has 0 atom stereocenters. The lowest BCUT2D eigenvalue weighted by Gasteiger charge is -2.09. The first kappa shape index (κ1) is 12.8. The van der Waals surface area contributed by atoms with Gasteiger partial charge in [0.2, 0.25) is 0 Å². The molecule has 0 spiro atoms. The lowest BCUT2D eigenvalue weighted by Crippen LogP contribution is -1.92. The molecule has 0 unspecified atom stereocenters. The van der Waals surface area contributed by atoms with E-state index in [2.05, 4.69) is 18.2 Å². The molecular weight excluding hydrogens is 242 g/mol. The Labute approximate surface area is 112 Å². The Balaban J connectivity index is 2.11. The second-order valence-electron chi connectivity index (χ2n) is 4.14. The van der Waals surface area contributed by atoms with Crippen molar-refractivity contribution in [3.8, 4) is 5.75 Å². The van der Waals surface area contributed by atoms with Crippen LogP contribution in [0.4, 0.5) is 5.69 Å². The summed E-state index contributed by atoms with van der Waals surface area (Å²) in [5, 5.41) is 0. The topological polar surface area (TPSA) is 35.2 Å². The fraction of sp³-hybridized carbons (Fsp3) is 0.200. The number of para-hydroxylation sites is 1. The Morgan fingerprint density at radius 2 is 1.94 bits per heavy atom. The van der Waals surface area contributed by atoms with Gasteiger partial charge in [-0.1, -0.05) is 24.3 Å². The van der Waals surface area contributed by atoms with Crippen LogP contribution in [0.3, 0.4) is 0 Å². The number of nitrogen functional groups attached to an aromatic ring is 1. The van der Waals surface area contributed by atoms with E-state index >= 15 is 0 Å². The van der Waals surface area contributed by atoms with E-state index < -0.39 is 0 Å². The van der Waals surface area contributed by atoms with Crippen LogP contribution in [0.5, 0.6) is 5.75 Å². The van der Waals surface area contributed by atoms with Gasteiger partial charge in [0.05, 0.1) is 7.11 Å². The summed E-state index contributed by atoms with van der Waals surface area (Å²) in [4.78, 5) is 1.12. The van der Waals surface area contributed by atoms with Crippen molar-refractivity contribution >= 4 is 17.4 Å². The smallest absolute Gasteiger partial charge is 0.122 e. The summed E-state index contributed by atoms with van der Waals surface area (Å²) in [5.74, 6) is 1.78. The minimum Gasteiger partial charge on any atom is -0.496 e. The predicted molar refractivity (Wildman–Crippen MR) is 78.1 cm³/mol. The number of hydrogen-bond acceptors (Lipinski definition) is 3. The minimum atomic E-state index is 0.842. The quantitative estimate of drug-likeness (QED) is 0.668. The Bertz CT molecular complexity index is 540. The average molecular weight is 259 g/mol. The number of aryl methyl sites for hydroxylation is 1. The maximum atomic E-state index is 6.00. The normalized spacial score (nSPS) is 10.3. The van der Waals surface area contributed by atoms with E-state index in [0.717, 1.165) is 22.1 Å². The molecule has 0 saturated carbocycles. The molecule has 2 rings (SSSR count). The monoisotopic (exact) mass is 259 g/mol. The van der Waals surface area contributed by atoms with Crippen molar-refractivity contribution < 1.29 is 4.74 Å². The van der Waals surface area contributed by atoms with E-state index in [-0.39, 0.29) is 0 Å². The molecule has 94 valence electrons. The number of methoxy groups -OCH3 is 1. The first-order valence-corrected chi connectivity index (χ1v) is 6.80. The number of nitrogens with two attached hydrogens (primary N) is 1. The van der Waals surface area contributed by atoms with Crippen molar-refractivity contribution in [3.05, 3.63) is 53.6 Å². The van der Waals surface area contributed by atoms with Gasteiger partial charge in [0.15, 0.2) is 0 Å². The van der Waals surface area contributed by atoms with Gasteiger partial charge in [-0.05, 0) is 30.7 Å². The maximum absolute atomic E-state index is 6.00. The molecule has 0 bridgehead atoms. The number of benzene rings is 2. The van der Waals surface area contributed by atoms with Crippen LogP contribution in [-0.2, 0) is 5.75 Å². The van der Waals surface area contributed by atoms with Crippen LogP contribution in [0.2, 0.25) is 0 Å². The van der Waals surface area contributed by atoms with Gasteiger partial charge in [-0.3, -0.25) is 0 Å². The number of rotatable bonds is 4. The van der Waals surface area contributed by atoms with Crippen LogP contribution < -0.4 is 10.5 Å². The molecule has 0 aromatic heterocycles. The van der Waals surface area contributed by atoms with Crippen molar-refractivity contribution in [3.63, 3.8) is 0 Å². The molecule has 2 N–H and O–H groups in total. The first-order valence-electron chi connectivity index (χ1n) is 5.81. The molecule has 0 radical (unpaired) electrons. The Morgan fingerprint density at radius 3 is 2.67 bits per heavy atom. The van der Waals surface area contributed by atoms with Crippen molar-refractivity contribution in [2.75, 3.05) is 12.8 Å². The zero-order chi connectivity index (χ0) is 13.0. The summed E-state index contributed by atoms with van der Waals surface area (Å²) in [5.41, 5.74) is 9.22. The summed E-state index contributed by atoms with van der Waals surface area (Å²) < 4.78 is 5.34. The summed E-state index contributed by atoms with van der Waals surface area (Å²) in [6.07, 6.45) is 0. The molecule has 0 saturated heterocycles. The van der Waals surface area contributed by atoms with Crippen LogP contribution in [0.25, 0.3) is 0 Å². The molecule has 2 nitrogen and oxygen atoms in total. The largest absolute Gasteiger partial charge is 0.496 e. The van der Waals surface area contributed by atoms with Gasteiger partial charge in [-0.2, -0.15) is 0 Å². The Kier molecular flexibility index (Phi) is 4.15. The predicted octanol–water partition coefficient (Wildman–Crippen LogP) is 3.88. The summed E-state index contributed by atoms with van der Waals surface area (Å²) >= 11 is 1.73. The van der Waals surface area contributed by atoms with Crippen molar-refractivity contribution in [2.45, 2.75) is 17.6 Å². The van der Waals surface area contributed by atoms with Gasteiger partial charge in [0, 0.05) is 21.9 Å². The number of ether oxygens (including phenoxy) is 1. The second-order valence-corrected chi connectivity index (χ2v) is 5.16. The Morgan fingerprint density at radius 1 is 1.17 bits per heavy atom. The first-order chi connectivity index (χ1) is 8.70. The molecule has 2 aromatic rings. The molecular formula is C15H17NOS. The standard InChI is InChI=1S/C15H17NOS/c1-11-7-8-15(13(16)9-11)18-10-12-5-3-4-6-14(12)17-2/h3-9H,10,16H2,1-2H3. The highest BCUT2D eigenvalue weighted by atomic mass is 32.2. The van der Waals surface area contributed by atoms with Crippen LogP contribution in [0, 0.1) is 6.92 Å². The second kappa shape index (κ2) is 5.83. The van der Waals surface area contributed by atoms with Crippen LogP contribution >= 0.6 is 11.8 Å². The van der Waals surface area contributed by atoms with E-state index in [0.29, 0.717) is 0 Å². The maximum Gasteiger partial charge on any atom is 0.122 e. The molecule has 2 aromatic carbocycles. The third kappa shape index (κ3) is 2.99. The average Bonchev–Trinajstić information content (AvgIpc) is 2.38. The molecule has 0 amide bonds. The number of anilines is 1. The zero-order valence-corrected chi connectivity index (χ0v) is 11.5. The Hall–Kier alpha value is -1.61. The van der Waals surface area contributed by atoms with Crippen molar-refractivity contribution in [1.29, 1.82) is 0 Å². The minimum absolute atomic E-state index is 0.842. The van der Waals surface area contributed by atoms with Gasteiger partial charge in [0.25, 0.3) is 0 Å². The lowest BCUT2D eigenvalue weighted by atomic mass is 10.2. The molecule has 3 heteroatoms. The molecule has 0 aliphatic heterocycles. The highest BCUT2D eigenvalue weighted by Gasteiger charge is 2.04. The van der Waals surface area contributed by atoms with E-state index in [4.69, 9.17) is 10.5 Å². The molecule has 0 aliphatic rings. The summed E-state index contributed by atoms with van der Waals surface area (Å²) in [6, 6.07) is 14.2. The molecule has 0 aliphatic carbocycles. The van der Waals surface area contributed by atoms with E-state index in [1.807, 2.05) is 31.2 Å².